The van der Waals surface area contributed by atoms with E-state index in [1.807, 2.05) is 6.07 Å². The highest BCUT2D eigenvalue weighted by atomic mass is 16.5. The molecule has 1 saturated carbocycles. The van der Waals surface area contributed by atoms with Crippen molar-refractivity contribution in [1.82, 2.24) is 4.90 Å². The highest BCUT2D eigenvalue weighted by Gasteiger charge is 2.38. The first-order valence-electron chi connectivity index (χ1n) is 7.92. The lowest BCUT2D eigenvalue weighted by molar-refractivity contribution is 0.146. The average Bonchev–Trinajstić information content (AvgIpc) is 3.30. The summed E-state index contributed by atoms with van der Waals surface area (Å²) in [5.74, 6) is 0.946. The SMILES string of the molecule is CCCN(C1CC1)C1CCc2cc(OC)ccc2C1N. The number of hydrogen-bond acceptors (Lipinski definition) is 3. The molecule has 1 fully saturated rings. The zero-order valence-electron chi connectivity index (χ0n) is 12.6. The number of methoxy groups -OCH3 is 1. The summed E-state index contributed by atoms with van der Waals surface area (Å²) in [4.78, 5) is 2.68. The lowest BCUT2D eigenvalue weighted by Gasteiger charge is -2.39. The Balaban J connectivity index is 1.82. The molecule has 110 valence electrons. The van der Waals surface area contributed by atoms with Crippen LogP contribution in [-0.4, -0.2) is 30.6 Å². The second-order valence-corrected chi connectivity index (χ2v) is 6.17. The fourth-order valence-corrected chi connectivity index (χ4v) is 3.60. The zero-order chi connectivity index (χ0) is 14.1. The van der Waals surface area contributed by atoms with E-state index < -0.39 is 0 Å². The van der Waals surface area contributed by atoms with Crippen molar-refractivity contribution in [2.45, 2.75) is 57.2 Å². The standard InChI is InChI=1S/C17H26N2O/c1-3-10-19(13-5-6-13)16-9-4-12-11-14(20-2)7-8-15(12)17(16)18/h7-8,11,13,16-17H,3-6,9-10,18H2,1-2H3. The largest absolute Gasteiger partial charge is 0.497 e. The highest BCUT2D eigenvalue weighted by molar-refractivity contribution is 5.40. The third-order valence-corrected chi connectivity index (χ3v) is 4.76. The lowest BCUT2D eigenvalue weighted by Crippen LogP contribution is -2.46. The van der Waals surface area contributed by atoms with Crippen LogP contribution in [-0.2, 0) is 6.42 Å². The van der Waals surface area contributed by atoms with Crippen molar-refractivity contribution >= 4 is 0 Å². The van der Waals surface area contributed by atoms with Crippen molar-refractivity contribution in [3.8, 4) is 5.75 Å². The molecular formula is C17H26N2O. The van der Waals surface area contributed by atoms with Crippen LogP contribution in [0.2, 0.25) is 0 Å². The number of hydrogen-bond donors (Lipinski definition) is 1. The Morgan fingerprint density at radius 1 is 1.30 bits per heavy atom. The first-order valence-corrected chi connectivity index (χ1v) is 7.92. The van der Waals surface area contributed by atoms with Crippen LogP contribution in [0.4, 0.5) is 0 Å². The third-order valence-electron chi connectivity index (χ3n) is 4.76. The molecule has 3 rings (SSSR count). The predicted molar refractivity (Wildman–Crippen MR) is 82.1 cm³/mol. The molecule has 3 heteroatoms. The molecule has 2 unspecified atom stereocenters. The molecule has 2 N–H and O–H groups in total. The van der Waals surface area contributed by atoms with E-state index in [0.29, 0.717) is 6.04 Å². The van der Waals surface area contributed by atoms with Crippen LogP contribution >= 0.6 is 0 Å². The van der Waals surface area contributed by atoms with E-state index in [9.17, 15) is 0 Å². The molecule has 20 heavy (non-hydrogen) atoms. The molecular weight excluding hydrogens is 248 g/mol. The zero-order valence-corrected chi connectivity index (χ0v) is 12.6. The minimum absolute atomic E-state index is 0.150. The van der Waals surface area contributed by atoms with Gasteiger partial charge in [0.2, 0.25) is 0 Å². The Morgan fingerprint density at radius 2 is 2.10 bits per heavy atom. The van der Waals surface area contributed by atoms with Crippen molar-refractivity contribution in [1.29, 1.82) is 0 Å². The Bertz CT molecular complexity index is 470. The van der Waals surface area contributed by atoms with Gasteiger partial charge in [-0.2, -0.15) is 0 Å². The quantitative estimate of drug-likeness (QED) is 0.897. The van der Waals surface area contributed by atoms with E-state index in [0.717, 1.165) is 18.2 Å². The van der Waals surface area contributed by atoms with Gasteiger partial charge in [-0.15, -0.1) is 0 Å². The Morgan fingerprint density at radius 3 is 2.75 bits per heavy atom. The second kappa shape index (κ2) is 5.74. The van der Waals surface area contributed by atoms with Crippen molar-refractivity contribution in [3.05, 3.63) is 29.3 Å². The van der Waals surface area contributed by atoms with Crippen molar-refractivity contribution in [3.63, 3.8) is 0 Å². The van der Waals surface area contributed by atoms with E-state index in [1.54, 1.807) is 7.11 Å². The summed E-state index contributed by atoms with van der Waals surface area (Å²) in [7, 11) is 1.73. The lowest BCUT2D eigenvalue weighted by atomic mass is 9.83. The maximum absolute atomic E-state index is 6.60. The minimum atomic E-state index is 0.150. The summed E-state index contributed by atoms with van der Waals surface area (Å²) in [5, 5.41) is 0. The normalized spacial score (nSPS) is 25.6. The van der Waals surface area contributed by atoms with Crippen LogP contribution in [0.3, 0.4) is 0 Å². The number of fused-ring (bicyclic) bond motifs is 1. The summed E-state index contributed by atoms with van der Waals surface area (Å²) in [6.45, 7) is 3.46. The van der Waals surface area contributed by atoms with Gasteiger partial charge in [0.15, 0.2) is 0 Å². The minimum Gasteiger partial charge on any atom is -0.497 e. The molecule has 3 nitrogen and oxygen atoms in total. The van der Waals surface area contributed by atoms with E-state index in [4.69, 9.17) is 10.5 Å². The van der Waals surface area contributed by atoms with Gasteiger partial charge in [0.05, 0.1) is 7.11 Å². The maximum Gasteiger partial charge on any atom is 0.119 e. The average molecular weight is 274 g/mol. The van der Waals surface area contributed by atoms with Gasteiger partial charge < -0.3 is 10.5 Å². The second-order valence-electron chi connectivity index (χ2n) is 6.17. The van der Waals surface area contributed by atoms with Gasteiger partial charge in [0.25, 0.3) is 0 Å². The van der Waals surface area contributed by atoms with Crippen LogP contribution in [0.25, 0.3) is 0 Å². The topological polar surface area (TPSA) is 38.5 Å². The summed E-state index contributed by atoms with van der Waals surface area (Å²) < 4.78 is 5.33. The molecule has 2 atom stereocenters. The molecule has 1 aromatic carbocycles. The highest BCUT2D eigenvalue weighted by Crippen LogP contribution is 2.38. The molecule has 2 aliphatic rings. The van der Waals surface area contributed by atoms with Crippen LogP contribution < -0.4 is 10.5 Å². The molecule has 1 aromatic rings. The number of benzene rings is 1. The van der Waals surface area contributed by atoms with Gasteiger partial charge in [-0.25, -0.2) is 0 Å². The number of nitrogens with zero attached hydrogens (tertiary/aromatic N) is 1. The Hall–Kier alpha value is -1.06. The van der Waals surface area contributed by atoms with E-state index in [1.165, 1.54) is 43.4 Å². The summed E-state index contributed by atoms with van der Waals surface area (Å²) in [5.41, 5.74) is 9.29. The molecule has 0 amide bonds. The van der Waals surface area contributed by atoms with E-state index >= 15 is 0 Å². The van der Waals surface area contributed by atoms with Crippen molar-refractivity contribution in [2.24, 2.45) is 5.73 Å². The van der Waals surface area contributed by atoms with Gasteiger partial charge in [-0.05, 0) is 61.9 Å². The van der Waals surface area contributed by atoms with Crippen LogP contribution in [0.15, 0.2) is 18.2 Å². The number of nitrogens with two attached hydrogens (primary N) is 1. The van der Waals surface area contributed by atoms with Gasteiger partial charge in [0, 0.05) is 18.1 Å². The first-order chi connectivity index (χ1) is 9.74. The summed E-state index contributed by atoms with van der Waals surface area (Å²) in [6.07, 6.45) is 6.24. The summed E-state index contributed by atoms with van der Waals surface area (Å²) in [6, 6.07) is 7.84. The smallest absolute Gasteiger partial charge is 0.119 e. The molecule has 0 spiro atoms. The van der Waals surface area contributed by atoms with Gasteiger partial charge >= 0.3 is 0 Å². The Kier molecular flexibility index (Phi) is 3.99. The van der Waals surface area contributed by atoms with Gasteiger partial charge in [-0.1, -0.05) is 13.0 Å². The number of ether oxygens (including phenoxy) is 1. The van der Waals surface area contributed by atoms with Crippen molar-refractivity contribution in [2.75, 3.05) is 13.7 Å². The molecule has 0 aliphatic heterocycles. The van der Waals surface area contributed by atoms with Crippen LogP contribution in [0, 0.1) is 0 Å². The summed E-state index contributed by atoms with van der Waals surface area (Å²) >= 11 is 0. The van der Waals surface area contributed by atoms with E-state index in [-0.39, 0.29) is 6.04 Å². The Labute approximate surface area is 122 Å². The molecule has 0 saturated heterocycles. The first kappa shape index (κ1) is 13.9. The molecule has 0 bridgehead atoms. The third kappa shape index (κ3) is 2.57. The molecule has 0 radical (unpaired) electrons. The molecule has 0 heterocycles. The number of rotatable bonds is 5. The predicted octanol–water partition coefficient (Wildman–Crippen LogP) is 2.88. The van der Waals surface area contributed by atoms with Gasteiger partial charge in [-0.3, -0.25) is 4.90 Å². The van der Waals surface area contributed by atoms with Crippen LogP contribution in [0.1, 0.15) is 49.8 Å². The molecule has 2 aliphatic carbocycles. The fraction of sp³-hybridized carbons (Fsp3) is 0.647. The van der Waals surface area contributed by atoms with Crippen molar-refractivity contribution < 1.29 is 4.74 Å². The maximum atomic E-state index is 6.60. The number of aryl methyl sites for hydroxylation is 1. The fourth-order valence-electron chi connectivity index (χ4n) is 3.60. The monoisotopic (exact) mass is 274 g/mol. The van der Waals surface area contributed by atoms with E-state index in [2.05, 4.69) is 24.0 Å². The van der Waals surface area contributed by atoms with Crippen LogP contribution in [0.5, 0.6) is 5.75 Å². The van der Waals surface area contributed by atoms with Gasteiger partial charge in [0.1, 0.15) is 5.75 Å². The molecule has 0 aromatic heterocycles.